The van der Waals surface area contributed by atoms with Crippen molar-refractivity contribution in [3.8, 4) is 5.13 Å². The average Bonchev–Trinajstić information content (AvgIpc) is 3.25. The molecule has 1 fully saturated rings. The summed E-state index contributed by atoms with van der Waals surface area (Å²) in [6, 6.07) is 0. The van der Waals surface area contributed by atoms with Gasteiger partial charge in [-0.2, -0.15) is 5.10 Å². The van der Waals surface area contributed by atoms with Crippen molar-refractivity contribution in [1.82, 2.24) is 24.6 Å². The van der Waals surface area contributed by atoms with Gasteiger partial charge in [-0.15, -0.1) is 12.4 Å². The van der Waals surface area contributed by atoms with Gasteiger partial charge in [0.25, 0.3) is 5.91 Å². The largest absolute Gasteiger partial charge is 0.450 e. The fraction of sp³-hybridized carbons (Fsp3) is 0.619. The summed E-state index contributed by atoms with van der Waals surface area (Å²) in [7, 11) is 0. The summed E-state index contributed by atoms with van der Waals surface area (Å²) < 4.78 is 6.91. The van der Waals surface area contributed by atoms with Crippen LogP contribution in [-0.2, 0) is 11.2 Å². The van der Waals surface area contributed by atoms with E-state index in [0.717, 1.165) is 41.5 Å². The second kappa shape index (κ2) is 10.9. The first-order chi connectivity index (χ1) is 14.4. The standard InChI is InChI=1S/C21H31N5O3S.ClH/c1-6-8-9-17-14(3)23-26(16(17)5)20-22-15(4)18(30-20)19(27)24-10-12-25(13-11-24)21(28)29-7-2;/h6-13H2,1-5H3;1H. The monoisotopic (exact) mass is 469 g/mol. The third-order valence-electron chi connectivity index (χ3n) is 5.48. The van der Waals surface area contributed by atoms with E-state index in [1.807, 2.05) is 18.5 Å². The molecule has 0 radical (unpaired) electrons. The van der Waals surface area contributed by atoms with Gasteiger partial charge < -0.3 is 14.5 Å². The molecule has 8 nitrogen and oxygen atoms in total. The summed E-state index contributed by atoms with van der Waals surface area (Å²) in [6.45, 7) is 12.2. The molecule has 3 rings (SSSR count). The van der Waals surface area contributed by atoms with Crippen LogP contribution in [0.1, 0.15) is 59.0 Å². The van der Waals surface area contributed by atoms with Crippen LogP contribution in [0.15, 0.2) is 0 Å². The van der Waals surface area contributed by atoms with Crippen molar-refractivity contribution in [2.75, 3.05) is 32.8 Å². The highest BCUT2D eigenvalue weighted by Crippen LogP contribution is 2.27. The highest BCUT2D eigenvalue weighted by Gasteiger charge is 2.28. The number of nitrogens with zero attached hydrogens (tertiary/aromatic N) is 5. The molecule has 2 aromatic heterocycles. The summed E-state index contributed by atoms with van der Waals surface area (Å²) in [6.07, 6.45) is 2.97. The molecule has 172 valence electrons. The number of rotatable bonds is 6. The highest BCUT2D eigenvalue weighted by molar-refractivity contribution is 7.16. The molecule has 1 aliphatic rings. The average molecular weight is 470 g/mol. The topological polar surface area (TPSA) is 80.6 Å². The maximum absolute atomic E-state index is 13.1. The first-order valence-corrected chi connectivity index (χ1v) is 11.4. The summed E-state index contributed by atoms with van der Waals surface area (Å²) in [5.41, 5.74) is 4.11. The zero-order valence-electron chi connectivity index (χ0n) is 18.9. The molecule has 31 heavy (non-hydrogen) atoms. The second-order valence-electron chi connectivity index (χ2n) is 7.55. The van der Waals surface area contributed by atoms with Crippen LogP contribution in [0.2, 0.25) is 0 Å². The van der Waals surface area contributed by atoms with Gasteiger partial charge in [0.1, 0.15) is 4.88 Å². The summed E-state index contributed by atoms with van der Waals surface area (Å²) >= 11 is 1.38. The number of halogens is 1. The maximum Gasteiger partial charge on any atom is 0.409 e. The fourth-order valence-corrected chi connectivity index (χ4v) is 4.74. The molecule has 0 atom stereocenters. The number of amides is 2. The van der Waals surface area contributed by atoms with Gasteiger partial charge in [-0.05, 0) is 46.1 Å². The molecule has 10 heteroatoms. The number of aromatic nitrogens is 3. The predicted octanol–water partition coefficient (Wildman–Crippen LogP) is 3.93. The predicted molar refractivity (Wildman–Crippen MR) is 124 cm³/mol. The number of piperazine rings is 1. The molecule has 1 aliphatic heterocycles. The van der Waals surface area contributed by atoms with E-state index in [1.165, 1.54) is 16.9 Å². The van der Waals surface area contributed by atoms with E-state index < -0.39 is 0 Å². The molecule has 0 spiro atoms. The van der Waals surface area contributed by atoms with Gasteiger partial charge in [0.15, 0.2) is 0 Å². The van der Waals surface area contributed by atoms with Crippen LogP contribution in [-0.4, -0.2) is 69.4 Å². The van der Waals surface area contributed by atoms with Crippen molar-refractivity contribution in [3.63, 3.8) is 0 Å². The number of thiazole rings is 1. The molecule has 0 N–H and O–H groups in total. The molecule has 0 aliphatic carbocycles. The molecule has 3 heterocycles. The van der Waals surface area contributed by atoms with Gasteiger partial charge in [0.2, 0.25) is 5.13 Å². The van der Waals surface area contributed by atoms with E-state index in [2.05, 4.69) is 23.9 Å². The lowest BCUT2D eigenvalue weighted by atomic mass is 10.1. The number of hydrogen-bond donors (Lipinski definition) is 0. The Morgan fingerprint density at radius 3 is 2.29 bits per heavy atom. The van der Waals surface area contributed by atoms with Crippen molar-refractivity contribution in [3.05, 3.63) is 27.5 Å². The minimum absolute atomic E-state index is 0. The Hall–Kier alpha value is -2.13. The molecule has 2 amide bonds. The van der Waals surface area contributed by atoms with Gasteiger partial charge in [-0.1, -0.05) is 24.7 Å². The summed E-state index contributed by atoms with van der Waals surface area (Å²) in [5, 5.41) is 5.41. The van der Waals surface area contributed by atoms with Crippen molar-refractivity contribution in [2.24, 2.45) is 0 Å². The zero-order valence-corrected chi connectivity index (χ0v) is 20.6. The third-order valence-corrected chi connectivity index (χ3v) is 6.60. The molecule has 0 saturated carbocycles. The summed E-state index contributed by atoms with van der Waals surface area (Å²) in [4.78, 5) is 33.7. The van der Waals surface area contributed by atoms with E-state index in [0.29, 0.717) is 37.7 Å². The second-order valence-corrected chi connectivity index (χ2v) is 8.53. The zero-order chi connectivity index (χ0) is 21.8. The maximum atomic E-state index is 13.1. The van der Waals surface area contributed by atoms with Crippen molar-refractivity contribution >= 4 is 35.7 Å². The van der Waals surface area contributed by atoms with Crippen LogP contribution in [0.4, 0.5) is 4.79 Å². The normalized spacial score (nSPS) is 13.8. The first-order valence-electron chi connectivity index (χ1n) is 10.6. The highest BCUT2D eigenvalue weighted by atomic mass is 35.5. The number of unbranched alkanes of at least 4 members (excludes halogenated alkanes) is 1. The third kappa shape index (κ3) is 5.38. The lowest BCUT2D eigenvalue weighted by Gasteiger charge is -2.33. The van der Waals surface area contributed by atoms with Crippen LogP contribution >= 0.6 is 23.7 Å². The number of ether oxygens (including phenoxy) is 1. The number of carbonyl (C=O) groups excluding carboxylic acids is 2. The van der Waals surface area contributed by atoms with Gasteiger partial charge >= 0.3 is 6.09 Å². The van der Waals surface area contributed by atoms with E-state index in [4.69, 9.17) is 4.74 Å². The van der Waals surface area contributed by atoms with E-state index in [9.17, 15) is 9.59 Å². The Bertz CT molecular complexity index is 919. The minimum Gasteiger partial charge on any atom is -0.450 e. The molecule has 0 bridgehead atoms. The van der Waals surface area contributed by atoms with Gasteiger partial charge in [-0.3, -0.25) is 4.79 Å². The fourth-order valence-electron chi connectivity index (χ4n) is 3.70. The molecule has 1 saturated heterocycles. The van der Waals surface area contributed by atoms with Gasteiger partial charge in [-0.25, -0.2) is 14.5 Å². The van der Waals surface area contributed by atoms with Crippen LogP contribution in [0.3, 0.4) is 0 Å². The lowest BCUT2D eigenvalue weighted by Crippen LogP contribution is -2.50. The van der Waals surface area contributed by atoms with Crippen molar-refractivity contribution in [1.29, 1.82) is 0 Å². The molecule has 0 aromatic carbocycles. The van der Waals surface area contributed by atoms with Crippen molar-refractivity contribution < 1.29 is 14.3 Å². The van der Waals surface area contributed by atoms with Gasteiger partial charge in [0.05, 0.1) is 18.0 Å². The number of hydrogen-bond acceptors (Lipinski definition) is 6. The Labute approximate surface area is 194 Å². The van der Waals surface area contributed by atoms with Crippen LogP contribution < -0.4 is 0 Å². The first kappa shape index (κ1) is 25.1. The SMILES string of the molecule is CCCCc1c(C)nn(-c2nc(C)c(C(=O)N3CCN(C(=O)OCC)CC3)s2)c1C.Cl. The van der Waals surface area contributed by atoms with Crippen LogP contribution in [0.5, 0.6) is 0 Å². The smallest absolute Gasteiger partial charge is 0.409 e. The Balaban J connectivity index is 0.00000341. The van der Waals surface area contributed by atoms with Crippen molar-refractivity contribution in [2.45, 2.75) is 53.9 Å². The van der Waals surface area contributed by atoms with Crippen LogP contribution in [0, 0.1) is 20.8 Å². The Morgan fingerprint density at radius 1 is 1.03 bits per heavy atom. The number of carbonyl (C=O) groups is 2. The summed E-state index contributed by atoms with van der Waals surface area (Å²) in [5.74, 6) is -0.0347. The Morgan fingerprint density at radius 2 is 1.68 bits per heavy atom. The quantitative estimate of drug-likeness (QED) is 0.640. The molecule has 2 aromatic rings. The minimum atomic E-state index is -0.315. The van der Waals surface area contributed by atoms with E-state index in [-0.39, 0.29) is 24.4 Å². The molecular weight excluding hydrogens is 438 g/mol. The number of aryl methyl sites for hydroxylation is 2. The van der Waals surface area contributed by atoms with E-state index in [1.54, 1.807) is 16.7 Å². The van der Waals surface area contributed by atoms with Crippen LogP contribution in [0.25, 0.3) is 5.13 Å². The Kier molecular flexibility index (Phi) is 8.88. The molecular formula is C21H32ClN5O3S. The molecule has 0 unspecified atom stereocenters. The van der Waals surface area contributed by atoms with Gasteiger partial charge in [0, 0.05) is 31.9 Å². The van der Waals surface area contributed by atoms with E-state index >= 15 is 0 Å². The lowest BCUT2D eigenvalue weighted by molar-refractivity contribution is 0.0573.